The highest BCUT2D eigenvalue weighted by atomic mass is 16.5. The van der Waals surface area contributed by atoms with E-state index in [1.54, 1.807) is 18.9 Å². The van der Waals surface area contributed by atoms with Gasteiger partial charge in [0.05, 0.1) is 20.3 Å². The molecule has 0 bridgehead atoms. The van der Waals surface area contributed by atoms with Crippen LogP contribution < -0.4 is 9.47 Å². The zero-order chi connectivity index (χ0) is 19.7. The van der Waals surface area contributed by atoms with Gasteiger partial charge < -0.3 is 24.2 Å². The Morgan fingerprint density at radius 1 is 1.31 bits per heavy atom. The first kappa shape index (κ1) is 20.4. The molecule has 0 radical (unpaired) electrons. The summed E-state index contributed by atoms with van der Waals surface area (Å²) in [6.45, 7) is 10.6. The molecule has 6 nitrogen and oxygen atoms in total. The second kappa shape index (κ2) is 7.35. The number of ether oxygens (including phenoxy) is 3. The van der Waals surface area contributed by atoms with Crippen molar-refractivity contribution < 1.29 is 24.1 Å². The second-order valence-corrected chi connectivity index (χ2v) is 8.21. The van der Waals surface area contributed by atoms with E-state index in [0.717, 1.165) is 5.56 Å². The average Bonchev–Trinajstić information content (AvgIpc) is 2.92. The lowest BCUT2D eigenvalue weighted by Crippen LogP contribution is -2.38. The fourth-order valence-electron chi connectivity index (χ4n) is 3.51. The van der Waals surface area contributed by atoms with Crippen molar-refractivity contribution in [2.75, 3.05) is 27.3 Å². The van der Waals surface area contributed by atoms with Gasteiger partial charge in [0, 0.05) is 24.4 Å². The van der Waals surface area contributed by atoms with E-state index >= 15 is 0 Å². The number of benzene rings is 1. The number of aliphatic hydroxyl groups is 1. The third-order valence-corrected chi connectivity index (χ3v) is 5.12. The Labute approximate surface area is 156 Å². The SMILES string of the molecule is COC(=O)N1C[C@@H](c2ccc(OC)c(OC(C)(C)C)c2)[C@@](C)([C@@H](C)O)C1. The molecule has 0 saturated carbocycles. The van der Waals surface area contributed by atoms with Crippen LogP contribution >= 0.6 is 0 Å². The van der Waals surface area contributed by atoms with Crippen LogP contribution in [0.25, 0.3) is 0 Å². The van der Waals surface area contributed by atoms with E-state index in [1.165, 1.54) is 7.11 Å². The monoisotopic (exact) mass is 365 g/mol. The molecule has 3 atom stereocenters. The van der Waals surface area contributed by atoms with E-state index in [-0.39, 0.29) is 17.6 Å². The van der Waals surface area contributed by atoms with Crippen LogP contribution in [0.5, 0.6) is 11.5 Å². The predicted molar refractivity (Wildman–Crippen MR) is 99.9 cm³/mol. The normalized spacial score (nSPS) is 24.3. The first-order chi connectivity index (χ1) is 12.0. The Morgan fingerprint density at radius 3 is 2.46 bits per heavy atom. The number of methoxy groups -OCH3 is 2. The van der Waals surface area contributed by atoms with Gasteiger partial charge in [-0.1, -0.05) is 13.0 Å². The molecule has 1 aromatic carbocycles. The molecule has 1 N–H and O–H groups in total. The smallest absolute Gasteiger partial charge is 0.409 e. The predicted octanol–water partition coefficient (Wildman–Crippen LogP) is 3.43. The summed E-state index contributed by atoms with van der Waals surface area (Å²) in [6, 6.07) is 5.80. The molecule has 26 heavy (non-hydrogen) atoms. The molecule has 146 valence electrons. The summed E-state index contributed by atoms with van der Waals surface area (Å²) in [4.78, 5) is 13.7. The number of hydrogen-bond donors (Lipinski definition) is 1. The van der Waals surface area contributed by atoms with Gasteiger partial charge in [0.1, 0.15) is 5.60 Å². The summed E-state index contributed by atoms with van der Waals surface area (Å²) in [7, 11) is 2.98. The first-order valence-corrected chi connectivity index (χ1v) is 8.89. The van der Waals surface area contributed by atoms with E-state index in [1.807, 2.05) is 45.9 Å². The molecule has 0 spiro atoms. The zero-order valence-electron chi connectivity index (χ0n) is 16.8. The quantitative estimate of drug-likeness (QED) is 0.885. The van der Waals surface area contributed by atoms with Gasteiger partial charge in [-0.2, -0.15) is 0 Å². The number of carbonyl (C=O) groups is 1. The maximum absolute atomic E-state index is 12.0. The van der Waals surface area contributed by atoms with Gasteiger partial charge in [0.25, 0.3) is 0 Å². The minimum atomic E-state index is -0.587. The zero-order valence-corrected chi connectivity index (χ0v) is 16.8. The molecule has 6 heteroatoms. The Kier molecular flexibility index (Phi) is 5.76. The Bertz CT molecular complexity index is 652. The van der Waals surface area contributed by atoms with Crippen molar-refractivity contribution >= 4 is 6.09 Å². The minimum Gasteiger partial charge on any atom is -0.493 e. The molecule has 0 aliphatic carbocycles. The van der Waals surface area contributed by atoms with Gasteiger partial charge >= 0.3 is 6.09 Å². The molecule has 1 aliphatic heterocycles. The third kappa shape index (κ3) is 4.06. The van der Waals surface area contributed by atoms with Crippen molar-refractivity contribution in [3.8, 4) is 11.5 Å². The largest absolute Gasteiger partial charge is 0.493 e. The third-order valence-electron chi connectivity index (χ3n) is 5.12. The van der Waals surface area contributed by atoms with E-state index < -0.39 is 11.5 Å². The van der Waals surface area contributed by atoms with Crippen LogP contribution in [0.1, 0.15) is 46.1 Å². The Morgan fingerprint density at radius 2 is 1.96 bits per heavy atom. The molecular weight excluding hydrogens is 334 g/mol. The van der Waals surface area contributed by atoms with Crippen LogP contribution in [0.4, 0.5) is 4.79 Å². The summed E-state index contributed by atoms with van der Waals surface area (Å²) in [5, 5.41) is 10.4. The number of carbonyl (C=O) groups excluding carboxylic acids is 1. The van der Waals surface area contributed by atoms with Crippen molar-refractivity contribution in [3.05, 3.63) is 23.8 Å². The van der Waals surface area contributed by atoms with Gasteiger partial charge in [0.2, 0.25) is 0 Å². The lowest BCUT2D eigenvalue weighted by molar-refractivity contribution is 0.0469. The molecule has 1 aliphatic rings. The van der Waals surface area contributed by atoms with Gasteiger partial charge in [0.15, 0.2) is 11.5 Å². The maximum Gasteiger partial charge on any atom is 0.409 e. The molecule has 1 fully saturated rings. The van der Waals surface area contributed by atoms with Crippen LogP contribution in [0.3, 0.4) is 0 Å². The molecular formula is C20H31NO5. The second-order valence-electron chi connectivity index (χ2n) is 8.21. The summed E-state index contributed by atoms with van der Waals surface area (Å²) in [5.74, 6) is 1.27. The summed E-state index contributed by atoms with van der Waals surface area (Å²) >= 11 is 0. The Balaban J connectivity index is 2.44. The van der Waals surface area contributed by atoms with Crippen LogP contribution in [0, 0.1) is 5.41 Å². The number of nitrogens with zero attached hydrogens (tertiary/aromatic N) is 1. The highest BCUT2D eigenvalue weighted by Gasteiger charge is 2.48. The topological polar surface area (TPSA) is 68.2 Å². The first-order valence-electron chi connectivity index (χ1n) is 8.89. The van der Waals surface area contributed by atoms with Crippen LogP contribution in [0.15, 0.2) is 18.2 Å². The lowest BCUT2D eigenvalue weighted by atomic mass is 9.72. The van der Waals surface area contributed by atoms with Gasteiger partial charge in [-0.3, -0.25) is 0 Å². The number of amides is 1. The van der Waals surface area contributed by atoms with Crippen molar-refractivity contribution in [1.82, 2.24) is 4.90 Å². The van der Waals surface area contributed by atoms with E-state index in [9.17, 15) is 9.90 Å². The fraction of sp³-hybridized carbons (Fsp3) is 0.650. The summed E-state index contributed by atoms with van der Waals surface area (Å²) in [6.07, 6.45) is -0.963. The van der Waals surface area contributed by atoms with E-state index in [2.05, 4.69) is 0 Å². The molecule has 0 unspecified atom stereocenters. The van der Waals surface area contributed by atoms with Crippen LogP contribution in [-0.4, -0.2) is 55.1 Å². The van der Waals surface area contributed by atoms with Crippen LogP contribution in [0.2, 0.25) is 0 Å². The summed E-state index contributed by atoms with van der Waals surface area (Å²) < 4.78 is 16.4. The highest BCUT2D eigenvalue weighted by molar-refractivity contribution is 5.68. The van der Waals surface area contributed by atoms with E-state index in [0.29, 0.717) is 24.6 Å². The van der Waals surface area contributed by atoms with Crippen molar-refractivity contribution in [2.24, 2.45) is 5.41 Å². The summed E-state index contributed by atoms with van der Waals surface area (Å²) in [5.41, 5.74) is 0.148. The van der Waals surface area contributed by atoms with Crippen molar-refractivity contribution in [1.29, 1.82) is 0 Å². The average molecular weight is 365 g/mol. The molecule has 1 aromatic rings. The molecule has 2 rings (SSSR count). The Hall–Kier alpha value is -1.95. The maximum atomic E-state index is 12.0. The number of hydrogen-bond acceptors (Lipinski definition) is 5. The van der Waals surface area contributed by atoms with Gasteiger partial charge in [-0.05, 0) is 45.4 Å². The molecule has 0 aromatic heterocycles. The van der Waals surface area contributed by atoms with Gasteiger partial charge in [-0.15, -0.1) is 0 Å². The lowest BCUT2D eigenvalue weighted by Gasteiger charge is -2.34. The molecule has 1 amide bonds. The van der Waals surface area contributed by atoms with E-state index in [4.69, 9.17) is 14.2 Å². The van der Waals surface area contributed by atoms with Gasteiger partial charge in [-0.25, -0.2) is 4.79 Å². The van der Waals surface area contributed by atoms with Crippen LogP contribution in [-0.2, 0) is 4.74 Å². The standard InChI is InChI=1S/C20H31NO5/c1-13(22)20(5)12-21(18(23)25-7)11-15(20)14-8-9-16(24-6)17(10-14)26-19(2,3)4/h8-10,13,15,22H,11-12H2,1-7H3/t13-,15+,20-/m1/s1. The number of likely N-dealkylation sites (tertiary alicyclic amines) is 1. The van der Waals surface area contributed by atoms with Crippen molar-refractivity contribution in [2.45, 2.75) is 52.2 Å². The fourth-order valence-corrected chi connectivity index (χ4v) is 3.51. The molecule has 1 saturated heterocycles. The number of rotatable bonds is 4. The number of aliphatic hydroxyl groups excluding tert-OH is 1. The minimum absolute atomic E-state index is 0.0465. The molecule has 1 heterocycles. The van der Waals surface area contributed by atoms with Crippen molar-refractivity contribution in [3.63, 3.8) is 0 Å². The highest BCUT2D eigenvalue weighted by Crippen LogP contribution is 2.47.